The van der Waals surface area contributed by atoms with Crippen molar-refractivity contribution in [3.8, 4) is 0 Å². The molecule has 0 bridgehead atoms. The first kappa shape index (κ1) is 15.3. The van der Waals surface area contributed by atoms with Crippen LogP contribution in [0.4, 0.5) is 0 Å². The van der Waals surface area contributed by atoms with Crippen LogP contribution in [0.2, 0.25) is 0 Å². The maximum absolute atomic E-state index is 9.86. The van der Waals surface area contributed by atoms with Crippen molar-refractivity contribution in [1.29, 1.82) is 0 Å². The van der Waals surface area contributed by atoms with E-state index in [9.17, 15) is 5.11 Å². The van der Waals surface area contributed by atoms with Gasteiger partial charge < -0.3 is 15.2 Å². The van der Waals surface area contributed by atoms with E-state index >= 15 is 0 Å². The molecule has 3 nitrogen and oxygen atoms in total. The molecule has 0 amide bonds. The van der Waals surface area contributed by atoms with Crippen molar-refractivity contribution in [1.82, 2.24) is 5.32 Å². The van der Waals surface area contributed by atoms with Crippen molar-refractivity contribution in [3.05, 3.63) is 0 Å². The summed E-state index contributed by atoms with van der Waals surface area (Å²) in [5.74, 6) is 1.60. The molecule has 1 aliphatic carbocycles. The number of hydrogen-bond donors (Lipinski definition) is 2. The summed E-state index contributed by atoms with van der Waals surface area (Å²) in [5, 5.41) is 13.5. The second kappa shape index (κ2) is 7.05. The zero-order valence-corrected chi connectivity index (χ0v) is 12.7. The molecule has 2 aliphatic rings. The van der Waals surface area contributed by atoms with Crippen LogP contribution in [0.3, 0.4) is 0 Å². The summed E-state index contributed by atoms with van der Waals surface area (Å²) >= 11 is 0. The third kappa shape index (κ3) is 4.17. The highest BCUT2D eigenvalue weighted by atomic mass is 16.5. The molecule has 1 aliphatic heterocycles. The molecule has 2 fully saturated rings. The van der Waals surface area contributed by atoms with Crippen molar-refractivity contribution in [2.75, 3.05) is 19.8 Å². The Morgan fingerprint density at radius 1 is 1.21 bits per heavy atom. The largest absolute Gasteiger partial charge is 0.394 e. The Balaban J connectivity index is 1.86. The molecule has 19 heavy (non-hydrogen) atoms. The lowest BCUT2D eigenvalue weighted by Gasteiger charge is -2.33. The molecule has 0 aromatic rings. The minimum absolute atomic E-state index is 0.0460. The zero-order chi connectivity index (χ0) is 13.7. The average Bonchev–Trinajstić information content (AvgIpc) is 2.82. The van der Waals surface area contributed by atoms with Crippen LogP contribution in [-0.2, 0) is 4.74 Å². The van der Waals surface area contributed by atoms with E-state index in [2.05, 4.69) is 19.2 Å². The van der Waals surface area contributed by atoms with Crippen molar-refractivity contribution in [2.24, 2.45) is 11.8 Å². The molecule has 1 saturated heterocycles. The lowest BCUT2D eigenvalue weighted by atomic mass is 9.87. The third-order valence-electron chi connectivity index (χ3n) is 5.20. The smallest absolute Gasteiger partial charge is 0.0700 e. The standard InChI is InChI=1S/C16H31NO2/c1-13(2)14-5-3-8-16(12-18,9-7-14)17-11-15-6-4-10-19-15/h13-15,17-18H,3-12H2,1-2H3. The summed E-state index contributed by atoms with van der Waals surface area (Å²) in [5.41, 5.74) is -0.0460. The van der Waals surface area contributed by atoms with E-state index in [1.807, 2.05) is 0 Å². The molecule has 0 aromatic heterocycles. The Hall–Kier alpha value is -0.120. The van der Waals surface area contributed by atoms with Crippen LogP contribution in [0.15, 0.2) is 0 Å². The number of aliphatic hydroxyl groups excluding tert-OH is 1. The fraction of sp³-hybridized carbons (Fsp3) is 1.00. The molecule has 0 aromatic carbocycles. The molecule has 0 spiro atoms. The van der Waals surface area contributed by atoms with E-state index in [0.717, 1.165) is 37.8 Å². The van der Waals surface area contributed by atoms with Gasteiger partial charge in [0.15, 0.2) is 0 Å². The van der Waals surface area contributed by atoms with Crippen molar-refractivity contribution < 1.29 is 9.84 Å². The second-order valence-electron chi connectivity index (χ2n) is 6.89. The predicted molar refractivity (Wildman–Crippen MR) is 78.2 cm³/mol. The molecule has 3 unspecified atom stereocenters. The maximum Gasteiger partial charge on any atom is 0.0700 e. The van der Waals surface area contributed by atoms with Crippen LogP contribution in [0.5, 0.6) is 0 Å². The second-order valence-corrected chi connectivity index (χ2v) is 6.89. The Morgan fingerprint density at radius 3 is 2.68 bits per heavy atom. The van der Waals surface area contributed by atoms with Gasteiger partial charge >= 0.3 is 0 Å². The molecule has 2 N–H and O–H groups in total. The molecule has 112 valence electrons. The number of ether oxygens (including phenoxy) is 1. The first-order valence-electron chi connectivity index (χ1n) is 8.13. The summed E-state index contributed by atoms with van der Waals surface area (Å²) in [6.45, 7) is 6.75. The van der Waals surface area contributed by atoms with E-state index in [1.54, 1.807) is 0 Å². The van der Waals surface area contributed by atoms with Gasteiger partial charge in [0.05, 0.1) is 12.7 Å². The van der Waals surface area contributed by atoms with Crippen LogP contribution in [-0.4, -0.2) is 36.5 Å². The predicted octanol–water partition coefficient (Wildman–Crippen LogP) is 2.72. The van der Waals surface area contributed by atoms with E-state index in [0.29, 0.717) is 6.10 Å². The summed E-state index contributed by atoms with van der Waals surface area (Å²) in [7, 11) is 0. The maximum atomic E-state index is 9.86. The fourth-order valence-electron chi connectivity index (χ4n) is 3.63. The Morgan fingerprint density at radius 2 is 2.05 bits per heavy atom. The van der Waals surface area contributed by atoms with Crippen LogP contribution >= 0.6 is 0 Å². The molecule has 1 heterocycles. The van der Waals surface area contributed by atoms with Crippen molar-refractivity contribution >= 4 is 0 Å². The summed E-state index contributed by atoms with van der Waals surface area (Å²) in [4.78, 5) is 0. The van der Waals surface area contributed by atoms with E-state index in [4.69, 9.17) is 4.74 Å². The summed E-state index contributed by atoms with van der Waals surface area (Å²) in [6, 6.07) is 0. The van der Waals surface area contributed by atoms with Crippen molar-refractivity contribution in [3.63, 3.8) is 0 Å². The summed E-state index contributed by atoms with van der Waals surface area (Å²) < 4.78 is 5.68. The van der Waals surface area contributed by atoms with Gasteiger partial charge in [-0.25, -0.2) is 0 Å². The van der Waals surface area contributed by atoms with Gasteiger partial charge in [-0.15, -0.1) is 0 Å². The van der Waals surface area contributed by atoms with E-state index in [1.165, 1.54) is 32.1 Å². The highest BCUT2D eigenvalue weighted by Crippen LogP contribution is 2.34. The highest BCUT2D eigenvalue weighted by molar-refractivity contribution is 4.92. The van der Waals surface area contributed by atoms with Gasteiger partial charge in [-0.1, -0.05) is 26.7 Å². The van der Waals surface area contributed by atoms with Crippen LogP contribution in [0.25, 0.3) is 0 Å². The minimum atomic E-state index is -0.0460. The van der Waals surface area contributed by atoms with E-state index in [-0.39, 0.29) is 12.1 Å². The first-order chi connectivity index (χ1) is 9.15. The van der Waals surface area contributed by atoms with Gasteiger partial charge in [0.1, 0.15) is 0 Å². The molecular formula is C16H31NO2. The zero-order valence-electron chi connectivity index (χ0n) is 12.7. The van der Waals surface area contributed by atoms with Crippen LogP contribution < -0.4 is 5.32 Å². The molecule has 2 rings (SSSR count). The van der Waals surface area contributed by atoms with Gasteiger partial charge in [0.2, 0.25) is 0 Å². The van der Waals surface area contributed by atoms with Gasteiger partial charge in [0, 0.05) is 18.7 Å². The normalized spacial score (nSPS) is 36.6. The Kier molecular flexibility index (Phi) is 5.67. The van der Waals surface area contributed by atoms with Gasteiger partial charge in [-0.2, -0.15) is 0 Å². The lowest BCUT2D eigenvalue weighted by Crippen LogP contribution is -2.50. The monoisotopic (exact) mass is 269 g/mol. The summed E-state index contributed by atoms with van der Waals surface area (Å²) in [6.07, 6.45) is 8.75. The number of rotatable bonds is 5. The van der Waals surface area contributed by atoms with Gasteiger partial charge in [0.25, 0.3) is 0 Å². The Bertz CT molecular complexity index is 263. The third-order valence-corrected chi connectivity index (χ3v) is 5.20. The molecular weight excluding hydrogens is 238 g/mol. The van der Waals surface area contributed by atoms with Crippen LogP contribution in [0.1, 0.15) is 58.8 Å². The average molecular weight is 269 g/mol. The van der Waals surface area contributed by atoms with Gasteiger partial charge in [-0.3, -0.25) is 0 Å². The quantitative estimate of drug-likeness (QED) is 0.754. The molecule has 1 saturated carbocycles. The minimum Gasteiger partial charge on any atom is -0.394 e. The van der Waals surface area contributed by atoms with Crippen LogP contribution in [0, 0.1) is 11.8 Å². The molecule has 3 heteroatoms. The molecule has 3 atom stereocenters. The number of hydrogen-bond acceptors (Lipinski definition) is 3. The highest BCUT2D eigenvalue weighted by Gasteiger charge is 2.33. The Labute approximate surface area is 118 Å². The number of nitrogens with one attached hydrogen (secondary N) is 1. The van der Waals surface area contributed by atoms with E-state index < -0.39 is 0 Å². The lowest BCUT2D eigenvalue weighted by molar-refractivity contribution is 0.0821. The SMILES string of the molecule is CC(C)C1CCCC(CO)(NCC2CCCO2)CC1. The molecule has 0 radical (unpaired) electrons. The first-order valence-corrected chi connectivity index (χ1v) is 8.13. The van der Waals surface area contributed by atoms with Crippen molar-refractivity contribution in [2.45, 2.75) is 70.4 Å². The topological polar surface area (TPSA) is 41.5 Å². The van der Waals surface area contributed by atoms with Gasteiger partial charge in [-0.05, 0) is 43.9 Å². The number of aliphatic hydroxyl groups is 1. The fourth-order valence-corrected chi connectivity index (χ4v) is 3.63.